The van der Waals surface area contributed by atoms with Gasteiger partial charge in [-0.3, -0.25) is 5.32 Å². The number of amides is 1. The highest BCUT2D eigenvalue weighted by atomic mass is 32.2. The minimum absolute atomic E-state index is 0.172. The number of carbonyl (C=O) groups excluding carboxylic acids is 1. The number of nitrogens with one attached hydrogen (secondary N) is 2. The largest absolute Gasteiger partial charge is 0.453 e. The topological polar surface area (TPSA) is 90.5 Å². The van der Waals surface area contributed by atoms with Gasteiger partial charge >= 0.3 is 6.09 Å². The number of hydrogen-bond acceptors (Lipinski definition) is 6. The molecule has 1 aliphatic heterocycles. The van der Waals surface area contributed by atoms with E-state index < -0.39 is 6.09 Å². The second kappa shape index (κ2) is 9.67. The zero-order valence-corrected chi connectivity index (χ0v) is 17.5. The molecule has 0 aliphatic carbocycles. The fourth-order valence-corrected chi connectivity index (χ4v) is 3.87. The summed E-state index contributed by atoms with van der Waals surface area (Å²) in [5.74, 6) is 0.346. The predicted molar refractivity (Wildman–Crippen MR) is 117 cm³/mol. The molecular formula is C21H26N4O3S. The van der Waals surface area contributed by atoms with Gasteiger partial charge < -0.3 is 19.7 Å². The number of benzene rings is 1. The monoisotopic (exact) mass is 414 g/mol. The Kier molecular flexibility index (Phi) is 7.00. The standard InChI is InChI=1S/C21H26N4O3S/c1-4-16(6-5-14(2)25-11-9-15(26)10-12-25)29-17-7-8-18-19(13-17)23-20(22-18)24-21(27)28-3/h4-8,13,15,26H,1,9-12H2,2-3H3,(H2,22,23,24,27)/b14-5+,16-6+. The minimum Gasteiger partial charge on any atom is -0.453 e. The number of carbonyl (C=O) groups is 1. The highest BCUT2D eigenvalue weighted by Gasteiger charge is 2.16. The van der Waals surface area contributed by atoms with Crippen LogP contribution in [-0.2, 0) is 4.74 Å². The molecule has 0 unspecified atom stereocenters. The van der Waals surface area contributed by atoms with Crippen LogP contribution in [0.2, 0.25) is 0 Å². The molecule has 2 heterocycles. The number of imidazole rings is 1. The Labute approximate surface area is 174 Å². The molecule has 1 aromatic heterocycles. The van der Waals surface area contributed by atoms with Crippen molar-refractivity contribution in [3.05, 3.63) is 53.6 Å². The normalized spacial score (nSPS) is 16.2. The molecule has 8 heteroatoms. The number of ether oxygens (including phenoxy) is 1. The molecule has 0 radical (unpaired) electrons. The van der Waals surface area contributed by atoms with Gasteiger partial charge in [0.2, 0.25) is 5.95 Å². The van der Waals surface area contributed by atoms with Crippen molar-refractivity contribution in [1.82, 2.24) is 14.9 Å². The highest BCUT2D eigenvalue weighted by Crippen LogP contribution is 2.30. The summed E-state index contributed by atoms with van der Waals surface area (Å²) in [7, 11) is 1.31. The van der Waals surface area contributed by atoms with E-state index in [-0.39, 0.29) is 6.10 Å². The summed E-state index contributed by atoms with van der Waals surface area (Å²) in [5.41, 5.74) is 2.76. The molecule has 1 aliphatic rings. The molecule has 1 saturated heterocycles. The van der Waals surface area contributed by atoms with Crippen molar-refractivity contribution >= 4 is 34.8 Å². The van der Waals surface area contributed by atoms with Gasteiger partial charge in [-0.2, -0.15) is 0 Å². The molecule has 3 N–H and O–H groups in total. The van der Waals surface area contributed by atoms with Gasteiger partial charge in [-0.15, -0.1) is 0 Å². The number of hydrogen-bond donors (Lipinski definition) is 3. The molecule has 1 aromatic carbocycles. The Morgan fingerprint density at radius 2 is 2.17 bits per heavy atom. The molecule has 29 heavy (non-hydrogen) atoms. The number of aliphatic hydroxyl groups excluding tert-OH is 1. The van der Waals surface area contributed by atoms with Crippen LogP contribution in [0.15, 0.2) is 58.5 Å². The first kappa shape index (κ1) is 21.0. The van der Waals surface area contributed by atoms with Crippen LogP contribution in [-0.4, -0.2) is 52.4 Å². The molecule has 3 rings (SSSR count). The van der Waals surface area contributed by atoms with Gasteiger partial charge in [-0.25, -0.2) is 9.78 Å². The van der Waals surface area contributed by atoms with Gasteiger partial charge in [0.05, 0.1) is 24.2 Å². The van der Waals surface area contributed by atoms with Gasteiger partial charge in [0, 0.05) is 28.6 Å². The van der Waals surface area contributed by atoms with Crippen molar-refractivity contribution in [1.29, 1.82) is 0 Å². The predicted octanol–water partition coefficient (Wildman–Crippen LogP) is 4.26. The molecule has 0 spiro atoms. The average molecular weight is 415 g/mol. The zero-order chi connectivity index (χ0) is 20.8. The lowest BCUT2D eigenvalue weighted by atomic mass is 10.1. The van der Waals surface area contributed by atoms with Crippen molar-refractivity contribution < 1.29 is 14.6 Å². The van der Waals surface area contributed by atoms with E-state index in [1.165, 1.54) is 12.8 Å². The third kappa shape index (κ3) is 5.65. The molecular weight excluding hydrogens is 388 g/mol. The number of likely N-dealkylation sites (tertiary alicyclic amines) is 1. The average Bonchev–Trinajstić information content (AvgIpc) is 3.12. The summed E-state index contributed by atoms with van der Waals surface area (Å²) in [6, 6.07) is 5.86. The van der Waals surface area contributed by atoms with E-state index in [9.17, 15) is 9.90 Å². The van der Waals surface area contributed by atoms with Crippen LogP contribution in [0.5, 0.6) is 0 Å². The van der Waals surface area contributed by atoms with Gasteiger partial charge in [0.1, 0.15) is 0 Å². The van der Waals surface area contributed by atoms with Gasteiger partial charge in [0.25, 0.3) is 0 Å². The minimum atomic E-state index is -0.569. The molecule has 1 fully saturated rings. The molecule has 0 bridgehead atoms. The number of allylic oxidation sites excluding steroid dienone is 4. The lowest BCUT2D eigenvalue weighted by Crippen LogP contribution is -2.34. The number of nitrogens with zero attached hydrogens (tertiary/aromatic N) is 2. The highest BCUT2D eigenvalue weighted by molar-refractivity contribution is 8.03. The van der Waals surface area contributed by atoms with Crippen molar-refractivity contribution in [3.8, 4) is 0 Å². The molecule has 0 atom stereocenters. The summed E-state index contributed by atoms with van der Waals surface area (Å²) in [6.07, 6.45) is 6.86. The number of aromatic nitrogens is 2. The number of piperidine rings is 1. The van der Waals surface area contributed by atoms with Crippen LogP contribution in [0.25, 0.3) is 11.0 Å². The van der Waals surface area contributed by atoms with Crippen LogP contribution in [0.4, 0.5) is 10.7 Å². The Hall–Kier alpha value is -2.71. The van der Waals surface area contributed by atoms with Crippen molar-refractivity contribution in [3.63, 3.8) is 0 Å². The summed E-state index contributed by atoms with van der Waals surface area (Å²) < 4.78 is 4.58. The number of anilines is 1. The number of aliphatic hydroxyl groups is 1. The second-order valence-electron chi connectivity index (χ2n) is 6.78. The Morgan fingerprint density at radius 1 is 1.41 bits per heavy atom. The van der Waals surface area contributed by atoms with Gasteiger partial charge in [-0.05, 0) is 50.1 Å². The first-order valence-corrected chi connectivity index (χ1v) is 10.3. The van der Waals surface area contributed by atoms with Crippen LogP contribution < -0.4 is 5.32 Å². The SMILES string of the molecule is C=C/C(=C\C=C(/C)N1CCC(O)CC1)Sc1ccc2nc(NC(=O)OC)[nH]c2c1. The smallest absolute Gasteiger partial charge is 0.413 e. The van der Waals surface area contributed by atoms with E-state index in [2.05, 4.69) is 50.6 Å². The molecule has 0 saturated carbocycles. The fraction of sp³-hybridized carbons (Fsp3) is 0.333. The molecule has 2 aromatic rings. The summed E-state index contributed by atoms with van der Waals surface area (Å²) in [6.45, 7) is 7.77. The van der Waals surface area contributed by atoms with Crippen molar-refractivity contribution in [2.24, 2.45) is 0 Å². The number of thioether (sulfide) groups is 1. The second-order valence-corrected chi connectivity index (χ2v) is 7.93. The van der Waals surface area contributed by atoms with Crippen LogP contribution in [0.3, 0.4) is 0 Å². The lowest BCUT2D eigenvalue weighted by Gasteiger charge is -2.31. The fourth-order valence-electron chi connectivity index (χ4n) is 3.07. The summed E-state index contributed by atoms with van der Waals surface area (Å²) in [4.78, 5) is 23.1. The van der Waals surface area contributed by atoms with E-state index in [0.717, 1.165) is 46.8 Å². The molecule has 1 amide bonds. The van der Waals surface area contributed by atoms with Crippen LogP contribution in [0.1, 0.15) is 19.8 Å². The van der Waals surface area contributed by atoms with E-state index in [1.54, 1.807) is 11.8 Å². The Bertz CT molecular complexity index is 943. The Morgan fingerprint density at radius 3 is 2.86 bits per heavy atom. The summed E-state index contributed by atoms with van der Waals surface area (Å²) >= 11 is 1.60. The van der Waals surface area contributed by atoms with Crippen molar-refractivity contribution in [2.75, 3.05) is 25.5 Å². The van der Waals surface area contributed by atoms with Gasteiger partial charge in [-0.1, -0.05) is 24.4 Å². The maximum absolute atomic E-state index is 11.3. The van der Waals surface area contributed by atoms with E-state index in [0.29, 0.717) is 5.95 Å². The maximum Gasteiger partial charge on any atom is 0.413 e. The number of H-pyrrole nitrogens is 1. The number of fused-ring (bicyclic) bond motifs is 1. The Balaban J connectivity index is 1.70. The molecule has 154 valence electrons. The first-order valence-electron chi connectivity index (χ1n) is 9.45. The van der Waals surface area contributed by atoms with Crippen molar-refractivity contribution in [2.45, 2.75) is 30.8 Å². The van der Waals surface area contributed by atoms with E-state index in [4.69, 9.17) is 0 Å². The quantitative estimate of drug-likeness (QED) is 0.483. The van der Waals surface area contributed by atoms with Crippen LogP contribution >= 0.6 is 11.8 Å². The zero-order valence-electron chi connectivity index (χ0n) is 16.6. The van der Waals surface area contributed by atoms with Gasteiger partial charge in [0.15, 0.2) is 0 Å². The van der Waals surface area contributed by atoms with Crippen LogP contribution in [0, 0.1) is 0 Å². The number of rotatable bonds is 6. The lowest BCUT2D eigenvalue weighted by molar-refractivity contribution is 0.0972. The molecule has 7 nitrogen and oxygen atoms in total. The van der Waals surface area contributed by atoms with E-state index in [1.807, 2.05) is 24.3 Å². The summed E-state index contributed by atoms with van der Waals surface area (Å²) in [5, 5.41) is 12.2. The third-order valence-electron chi connectivity index (χ3n) is 4.75. The maximum atomic E-state index is 11.3. The third-order valence-corrected chi connectivity index (χ3v) is 5.78. The first-order chi connectivity index (χ1) is 14.0. The van der Waals surface area contributed by atoms with E-state index >= 15 is 0 Å². The number of aromatic amines is 1. The number of methoxy groups -OCH3 is 1.